The highest BCUT2D eigenvalue weighted by atomic mass is 16.1. The Morgan fingerprint density at radius 3 is 2.76 bits per heavy atom. The highest BCUT2D eigenvalue weighted by molar-refractivity contribution is 5.94. The van der Waals surface area contributed by atoms with Crippen LogP contribution in [0.25, 0.3) is 11.4 Å². The first kappa shape index (κ1) is 15.2. The molecular weight excluding hydrogens is 266 g/mol. The molecule has 6 nitrogen and oxygen atoms in total. The molecule has 0 bridgehead atoms. The van der Waals surface area contributed by atoms with E-state index in [0.29, 0.717) is 18.8 Å². The van der Waals surface area contributed by atoms with Gasteiger partial charge in [0.2, 0.25) is 5.91 Å². The fraction of sp³-hybridized carbons (Fsp3) is 0.400. The molecule has 0 unspecified atom stereocenters. The highest BCUT2D eigenvalue weighted by Gasteiger charge is 2.13. The van der Waals surface area contributed by atoms with Crippen molar-refractivity contribution in [1.29, 1.82) is 0 Å². The van der Waals surface area contributed by atoms with Crippen molar-refractivity contribution in [3.05, 3.63) is 30.1 Å². The third-order valence-corrected chi connectivity index (χ3v) is 3.09. The number of carbonyl (C=O) groups excluding carboxylic acids is 1. The molecule has 1 amide bonds. The van der Waals surface area contributed by atoms with Crippen LogP contribution in [-0.4, -0.2) is 34.7 Å². The summed E-state index contributed by atoms with van der Waals surface area (Å²) in [6.07, 6.45) is 0.427. The predicted octanol–water partition coefficient (Wildman–Crippen LogP) is 2.14. The fourth-order valence-corrected chi connectivity index (χ4v) is 1.89. The van der Waals surface area contributed by atoms with Gasteiger partial charge in [-0.1, -0.05) is 26.0 Å². The Labute approximate surface area is 124 Å². The van der Waals surface area contributed by atoms with Crippen LogP contribution >= 0.6 is 0 Å². The Balaban J connectivity index is 2.21. The van der Waals surface area contributed by atoms with Gasteiger partial charge in [0.05, 0.1) is 5.69 Å². The molecule has 1 aromatic carbocycles. The Morgan fingerprint density at radius 1 is 1.33 bits per heavy atom. The van der Waals surface area contributed by atoms with E-state index >= 15 is 0 Å². The minimum Gasteiger partial charge on any atom is -0.325 e. The molecule has 1 heterocycles. The number of para-hydroxylation sites is 1. The summed E-state index contributed by atoms with van der Waals surface area (Å²) >= 11 is 0. The van der Waals surface area contributed by atoms with E-state index in [1.807, 2.05) is 31.3 Å². The Hall–Kier alpha value is -2.21. The standard InChI is InChI=1S/C15H21N5O/c1-10(2)14-18-15(20-19-14)11-6-4-5-7-12(11)17-13(21)8-9-16-3/h4-7,10,16H,8-9H2,1-3H3,(H,17,21)(H,18,19,20). The number of carbonyl (C=O) groups is 1. The third kappa shape index (κ3) is 3.88. The summed E-state index contributed by atoms with van der Waals surface area (Å²) in [4.78, 5) is 16.3. The van der Waals surface area contributed by atoms with Crippen LogP contribution in [-0.2, 0) is 4.79 Å². The Kier molecular flexibility index (Phi) is 5.05. The van der Waals surface area contributed by atoms with Gasteiger partial charge in [0, 0.05) is 24.4 Å². The van der Waals surface area contributed by atoms with Crippen molar-refractivity contribution in [2.75, 3.05) is 18.9 Å². The number of benzene rings is 1. The van der Waals surface area contributed by atoms with E-state index in [0.717, 1.165) is 17.1 Å². The van der Waals surface area contributed by atoms with E-state index in [2.05, 4.69) is 39.7 Å². The maximum atomic E-state index is 11.9. The lowest BCUT2D eigenvalue weighted by Crippen LogP contribution is -2.19. The number of H-pyrrole nitrogens is 1. The van der Waals surface area contributed by atoms with Gasteiger partial charge >= 0.3 is 0 Å². The molecule has 6 heteroatoms. The summed E-state index contributed by atoms with van der Waals surface area (Å²) in [6.45, 7) is 4.75. The van der Waals surface area contributed by atoms with Crippen molar-refractivity contribution in [2.24, 2.45) is 0 Å². The maximum absolute atomic E-state index is 11.9. The van der Waals surface area contributed by atoms with Crippen molar-refractivity contribution in [3.8, 4) is 11.4 Å². The number of nitrogens with one attached hydrogen (secondary N) is 3. The fourth-order valence-electron chi connectivity index (χ4n) is 1.89. The number of hydrogen-bond acceptors (Lipinski definition) is 4. The molecule has 0 aliphatic rings. The molecule has 112 valence electrons. The van der Waals surface area contributed by atoms with Gasteiger partial charge in [0.25, 0.3) is 0 Å². The van der Waals surface area contributed by atoms with Crippen LogP contribution in [0.1, 0.15) is 32.0 Å². The molecular formula is C15H21N5O. The van der Waals surface area contributed by atoms with Crippen LogP contribution in [0.15, 0.2) is 24.3 Å². The molecule has 2 aromatic rings. The minimum atomic E-state index is -0.0311. The van der Waals surface area contributed by atoms with Crippen LogP contribution in [0.4, 0.5) is 5.69 Å². The smallest absolute Gasteiger partial charge is 0.225 e. The van der Waals surface area contributed by atoms with Crippen molar-refractivity contribution >= 4 is 11.6 Å². The molecule has 0 aliphatic carbocycles. The highest BCUT2D eigenvalue weighted by Crippen LogP contribution is 2.25. The molecule has 21 heavy (non-hydrogen) atoms. The molecule has 0 atom stereocenters. The quantitative estimate of drug-likeness (QED) is 0.760. The maximum Gasteiger partial charge on any atom is 0.225 e. The van der Waals surface area contributed by atoms with E-state index in [1.165, 1.54) is 0 Å². The topological polar surface area (TPSA) is 82.7 Å². The average molecular weight is 287 g/mol. The van der Waals surface area contributed by atoms with Crippen LogP contribution in [0.5, 0.6) is 0 Å². The van der Waals surface area contributed by atoms with Gasteiger partial charge in [-0.2, -0.15) is 5.10 Å². The van der Waals surface area contributed by atoms with Gasteiger partial charge in [-0.15, -0.1) is 0 Å². The lowest BCUT2D eigenvalue weighted by Gasteiger charge is -2.08. The molecule has 0 fully saturated rings. The van der Waals surface area contributed by atoms with Gasteiger partial charge < -0.3 is 10.6 Å². The zero-order valence-corrected chi connectivity index (χ0v) is 12.6. The van der Waals surface area contributed by atoms with Gasteiger partial charge in [-0.05, 0) is 19.2 Å². The number of hydrogen-bond donors (Lipinski definition) is 3. The first-order chi connectivity index (χ1) is 10.1. The van der Waals surface area contributed by atoms with Crippen molar-refractivity contribution in [1.82, 2.24) is 20.5 Å². The largest absolute Gasteiger partial charge is 0.325 e. The van der Waals surface area contributed by atoms with Gasteiger partial charge in [0.15, 0.2) is 5.82 Å². The normalized spacial score (nSPS) is 10.9. The van der Waals surface area contributed by atoms with Gasteiger partial charge in [0.1, 0.15) is 5.82 Å². The number of rotatable bonds is 6. The predicted molar refractivity (Wildman–Crippen MR) is 83.1 cm³/mol. The lowest BCUT2D eigenvalue weighted by atomic mass is 10.1. The van der Waals surface area contributed by atoms with Crippen molar-refractivity contribution < 1.29 is 4.79 Å². The summed E-state index contributed by atoms with van der Waals surface area (Å²) in [6, 6.07) is 7.55. The number of anilines is 1. The summed E-state index contributed by atoms with van der Waals surface area (Å²) in [5, 5.41) is 13.0. The molecule has 0 saturated heterocycles. The zero-order chi connectivity index (χ0) is 15.2. The Morgan fingerprint density at radius 2 is 2.10 bits per heavy atom. The molecule has 0 radical (unpaired) electrons. The number of amides is 1. The molecule has 1 aromatic heterocycles. The number of aromatic nitrogens is 3. The summed E-state index contributed by atoms with van der Waals surface area (Å²) in [7, 11) is 1.82. The second kappa shape index (κ2) is 6.99. The number of nitrogens with zero attached hydrogens (tertiary/aromatic N) is 2. The number of aromatic amines is 1. The molecule has 0 saturated carbocycles. The second-order valence-electron chi connectivity index (χ2n) is 5.15. The lowest BCUT2D eigenvalue weighted by molar-refractivity contribution is -0.116. The van der Waals surface area contributed by atoms with E-state index in [-0.39, 0.29) is 11.8 Å². The van der Waals surface area contributed by atoms with Crippen LogP contribution in [0.3, 0.4) is 0 Å². The van der Waals surface area contributed by atoms with E-state index < -0.39 is 0 Å². The average Bonchev–Trinajstić information content (AvgIpc) is 2.95. The molecule has 0 spiro atoms. The van der Waals surface area contributed by atoms with Crippen LogP contribution < -0.4 is 10.6 Å². The summed E-state index contributed by atoms with van der Waals surface area (Å²) in [5.74, 6) is 1.68. The zero-order valence-electron chi connectivity index (χ0n) is 12.6. The second-order valence-corrected chi connectivity index (χ2v) is 5.15. The summed E-state index contributed by atoms with van der Waals surface area (Å²) in [5.41, 5.74) is 1.55. The van der Waals surface area contributed by atoms with E-state index in [4.69, 9.17) is 0 Å². The van der Waals surface area contributed by atoms with Crippen molar-refractivity contribution in [2.45, 2.75) is 26.2 Å². The van der Waals surface area contributed by atoms with E-state index in [9.17, 15) is 4.79 Å². The SMILES string of the molecule is CNCCC(=O)Nc1ccccc1-c1n[nH]c(C(C)C)n1. The molecule has 3 N–H and O–H groups in total. The summed E-state index contributed by atoms with van der Waals surface area (Å²) < 4.78 is 0. The molecule has 0 aliphatic heterocycles. The monoisotopic (exact) mass is 287 g/mol. The minimum absolute atomic E-state index is 0.0311. The van der Waals surface area contributed by atoms with E-state index in [1.54, 1.807) is 0 Å². The molecule has 2 rings (SSSR count). The van der Waals surface area contributed by atoms with Gasteiger partial charge in [-0.3, -0.25) is 9.89 Å². The Bertz CT molecular complexity index is 606. The van der Waals surface area contributed by atoms with Crippen molar-refractivity contribution in [3.63, 3.8) is 0 Å². The third-order valence-electron chi connectivity index (χ3n) is 3.09. The van der Waals surface area contributed by atoms with Crippen LogP contribution in [0.2, 0.25) is 0 Å². The first-order valence-corrected chi connectivity index (χ1v) is 7.08. The van der Waals surface area contributed by atoms with Gasteiger partial charge in [-0.25, -0.2) is 4.98 Å². The first-order valence-electron chi connectivity index (χ1n) is 7.08. The van der Waals surface area contributed by atoms with Crippen LogP contribution in [0, 0.1) is 0 Å².